The predicted molar refractivity (Wildman–Crippen MR) is 87.0 cm³/mol. The molecule has 0 saturated carbocycles. The van der Waals surface area contributed by atoms with Gasteiger partial charge in [-0.05, 0) is 36.8 Å². The summed E-state index contributed by atoms with van der Waals surface area (Å²) in [6.45, 7) is 6.77. The van der Waals surface area contributed by atoms with Crippen LogP contribution in [0.5, 0.6) is 0 Å². The Hall–Kier alpha value is -1.53. The molecule has 6 heteroatoms. The van der Waals surface area contributed by atoms with Crippen molar-refractivity contribution in [3.63, 3.8) is 0 Å². The lowest BCUT2D eigenvalue weighted by Crippen LogP contribution is -2.46. The minimum atomic E-state index is -0.285. The van der Waals surface area contributed by atoms with Crippen LogP contribution in [-0.4, -0.2) is 48.9 Å². The largest absolute Gasteiger partial charge is 0.467 e. The van der Waals surface area contributed by atoms with Gasteiger partial charge < -0.3 is 24.5 Å². The van der Waals surface area contributed by atoms with E-state index < -0.39 is 0 Å². The standard InChI is InChI=1S/C17H28N2O4/c1-13(2)11-22-12-15(16-4-3-9-23-16)18-17(21)19-7-5-14(10-20)6-8-19/h3-4,9,13-15,20H,5-8,10-12H2,1-2H3,(H,18,21). The fourth-order valence-electron chi connectivity index (χ4n) is 2.67. The number of amides is 2. The van der Waals surface area contributed by atoms with E-state index >= 15 is 0 Å². The zero-order valence-electron chi connectivity index (χ0n) is 14.0. The highest BCUT2D eigenvalue weighted by Gasteiger charge is 2.25. The second-order valence-electron chi connectivity index (χ2n) is 6.56. The van der Waals surface area contributed by atoms with E-state index in [-0.39, 0.29) is 18.7 Å². The van der Waals surface area contributed by atoms with Crippen LogP contribution in [0.2, 0.25) is 0 Å². The summed E-state index contributed by atoms with van der Waals surface area (Å²) < 4.78 is 11.1. The second-order valence-corrected chi connectivity index (χ2v) is 6.56. The van der Waals surface area contributed by atoms with Crippen molar-refractivity contribution in [2.45, 2.75) is 32.7 Å². The molecule has 0 aromatic carbocycles. The first-order valence-corrected chi connectivity index (χ1v) is 8.37. The van der Waals surface area contributed by atoms with Gasteiger partial charge >= 0.3 is 6.03 Å². The van der Waals surface area contributed by atoms with Gasteiger partial charge in [0.25, 0.3) is 0 Å². The van der Waals surface area contributed by atoms with Crippen molar-refractivity contribution >= 4 is 6.03 Å². The molecule has 6 nitrogen and oxygen atoms in total. The molecule has 1 aromatic rings. The van der Waals surface area contributed by atoms with Crippen LogP contribution in [0, 0.1) is 11.8 Å². The molecule has 1 unspecified atom stereocenters. The molecule has 1 saturated heterocycles. The number of aliphatic hydroxyl groups excluding tert-OH is 1. The lowest BCUT2D eigenvalue weighted by Gasteiger charge is -2.32. The summed E-state index contributed by atoms with van der Waals surface area (Å²) in [6.07, 6.45) is 3.29. The fraction of sp³-hybridized carbons (Fsp3) is 0.706. The Morgan fingerprint density at radius 2 is 2.17 bits per heavy atom. The number of carbonyl (C=O) groups excluding carboxylic acids is 1. The zero-order valence-corrected chi connectivity index (χ0v) is 14.0. The molecule has 0 radical (unpaired) electrons. The van der Waals surface area contributed by atoms with Gasteiger partial charge in [-0.1, -0.05) is 13.8 Å². The number of rotatable bonds is 7. The van der Waals surface area contributed by atoms with Crippen LogP contribution in [0.3, 0.4) is 0 Å². The van der Waals surface area contributed by atoms with Gasteiger partial charge in [0, 0.05) is 26.3 Å². The van der Waals surface area contributed by atoms with E-state index in [1.54, 1.807) is 11.2 Å². The molecule has 0 bridgehead atoms. The average Bonchev–Trinajstić information content (AvgIpc) is 3.08. The van der Waals surface area contributed by atoms with Crippen LogP contribution in [0.1, 0.15) is 38.5 Å². The summed E-state index contributed by atoms with van der Waals surface area (Å²) in [6, 6.07) is 3.27. The van der Waals surface area contributed by atoms with E-state index in [2.05, 4.69) is 19.2 Å². The van der Waals surface area contributed by atoms with Crippen molar-refractivity contribution in [1.82, 2.24) is 10.2 Å². The number of likely N-dealkylation sites (tertiary alicyclic amines) is 1. The Kier molecular flexibility index (Phi) is 6.92. The number of piperidine rings is 1. The molecule has 2 heterocycles. The van der Waals surface area contributed by atoms with Gasteiger partial charge in [-0.15, -0.1) is 0 Å². The first-order chi connectivity index (χ1) is 11.1. The van der Waals surface area contributed by atoms with Gasteiger partial charge in [0.15, 0.2) is 0 Å². The Balaban J connectivity index is 1.88. The molecule has 2 N–H and O–H groups in total. The molecule has 1 aromatic heterocycles. The summed E-state index contributed by atoms with van der Waals surface area (Å²) >= 11 is 0. The maximum absolute atomic E-state index is 12.5. The zero-order chi connectivity index (χ0) is 16.7. The molecule has 130 valence electrons. The smallest absolute Gasteiger partial charge is 0.318 e. The summed E-state index contributed by atoms with van der Waals surface area (Å²) in [5.74, 6) is 1.46. The molecule has 0 aliphatic carbocycles. The summed E-state index contributed by atoms with van der Waals surface area (Å²) in [5.41, 5.74) is 0. The minimum Gasteiger partial charge on any atom is -0.467 e. The Morgan fingerprint density at radius 1 is 1.43 bits per heavy atom. The van der Waals surface area contributed by atoms with Gasteiger partial charge in [0.1, 0.15) is 11.8 Å². The quantitative estimate of drug-likeness (QED) is 0.807. The first kappa shape index (κ1) is 17.8. The third kappa shape index (κ3) is 5.55. The Labute approximate surface area is 137 Å². The Morgan fingerprint density at radius 3 is 2.74 bits per heavy atom. The number of furan rings is 1. The number of hydrogen-bond donors (Lipinski definition) is 2. The number of urea groups is 1. The first-order valence-electron chi connectivity index (χ1n) is 8.37. The monoisotopic (exact) mass is 324 g/mol. The van der Waals surface area contributed by atoms with Crippen molar-refractivity contribution in [1.29, 1.82) is 0 Å². The van der Waals surface area contributed by atoms with Crippen LogP contribution in [-0.2, 0) is 4.74 Å². The van der Waals surface area contributed by atoms with Gasteiger partial charge in [-0.3, -0.25) is 0 Å². The van der Waals surface area contributed by atoms with E-state index in [1.807, 2.05) is 12.1 Å². The number of nitrogens with one attached hydrogen (secondary N) is 1. The van der Waals surface area contributed by atoms with E-state index in [1.165, 1.54) is 0 Å². The molecule has 2 rings (SSSR count). The third-order valence-electron chi connectivity index (χ3n) is 4.08. The van der Waals surface area contributed by atoms with Crippen LogP contribution in [0.15, 0.2) is 22.8 Å². The number of hydrogen-bond acceptors (Lipinski definition) is 4. The van der Waals surface area contributed by atoms with E-state index in [4.69, 9.17) is 9.15 Å². The van der Waals surface area contributed by atoms with Crippen molar-refractivity contribution in [2.24, 2.45) is 11.8 Å². The predicted octanol–water partition coefficient (Wildman–Crippen LogP) is 2.41. The van der Waals surface area contributed by atoms with Crippen LogP contribution < -0.4 is 5.32 Å². The number of aliphatic hydroxyl groups is 1. The third-order valence-corrected chi connectivity index (χ3v) is 4.08. The van der Waals surface area contributed by atoms with Gasteiger partial charge in [-0.2, -0.15) is 0 Å². The molecular formula is C17H28N2O4. The highest BCUT2D eigenvalue weighted by atomic mass is 16.5. The summed E-state index contributed by atoms with van der Waals surface area (Å²) in [5, 5.41) is 12.2. The van der Waals surface area contributed by atoms with E-state index in [0.717, 1.165) is 12.8 Å². The molecule has 23 heavy (non-hydrogen) atoms. The van der Waals surface area contributed by atoms with Crippen LogP contribution in [0.25, 0.3) is 0 Å². The number of nitrogens with zero attached hydrogens (tertiary/aromatic N) is 1. The average molecular weight is 324 g/mol. The molecule has 1 fully saturated rings. The highest BCUT2D eigenvalue weighted by molar-refractivity contribution is 5.74. The molecule has 1 aliphatic rings. The topological polar surface area (TPSA) is 74.9 Å². The van der Waals surface area contributed by atoms with Gasteiger partial charge in [0.05, 0.1) is 12.9 Å². The molecule has 0 spiro atoms. The summed E-state index contributed by atoms with van der Waals surface area (Å²) in [7, 11) is 0. The molecule has 1 aliphatic heterocycles. The van der Waals surface area contributed by atoms with Crippen LogP contribution >= 0.6 is 0 Å². The van der Waals surface area contributed by atoms with Crippen molar-refractivity contribution in [3.05, 3.63) is 24.2 Å². The maximum Gasteiger partial charge on any atom is 0.318 e. The van der Waals surface area contributed by atoms with Crippen molar-refractivity contribution in [2.75, 3.05) is 32.9 Å². The van der Waals surface area contributed by atoms with Crippen molar-refractivity contribution in [3.8, 4) is 0 Å². The van der Waals surface area contributed by atoms with Gasteiger partial charge in [0.2, 0.25) is 0 Å². The highest BCUT2D eigenvalue weighted by Crippen LogP contribution is 2.19. The van der Waals surface area contributed by atoms with Crippen LogP contribution in [0.4, 0.5) is 4.79 Å². The lowest BCUT2D eigenvalue weighted by atomic mass is 9.98. The summed E-state index contributed by atoms with van der Waals surface area (Å²) in [4.78, 5) is 14.2. The fourth-order valence-corrected chi connectivity index (χ4v) is 2.67. The second kappa shape index (κ2) is 8.93. The number of carbonyl (C=O) groups is 1. The minimum absolute atomic E-state index is 0.101. The van der Waals surface area contributed by atoms with E-state index in [0.29, 0.717) is 43.9 Å². The molecule has 2 amide bonds. The SMILES string of the molecule is CC(C)COCC(NC(=O)N1CCC(CO)CC1)c1ccco1. The maximum atomic E-state index is 12.5. The normalized spacial score (nSPS) is 17.5. The number of ether oxygens (including phenoxy) is 1. The molecular weight excluding hydrogens is 296 g/mol. The lowest BCUT2D eigenvalue weighted by molar-refractivity contribution is 0.0822. The van der Waals surface area contributed by atoms with Crippen molar-refractivity contribution < 1.29 is 19.1 Å². The Bertz CT molecular complexity index is 453. The van der Waals surface area contributed by atoms with Gasteiger partial charge in [-0.25, -0.2) is 4.79 Å². The van der Waals surface area contributed by atoms with E-state index in [9.17, 15) is 9.90 Å². The molecule has 1 atom stereocenters.